The number of amidine groups is 1. The van der Waals surface area contributed by atoms with Crippen LogP contribution >= 0.6 is 0 Å². The molecule has 152 valence electrons. The van der Waals surface area contributed by atoms with Crippen molar-refractivity contribution in [2.24, 2.45) is 5.73 Å². The number of carbonyl (C=O) groups excluding carboxylic acids is 2. The summed E-state index contributed by atoms with van der Waals surface area (Å²) in [6.45, 7) is 6.62. The summed E-state index contributed by atoms with van der Waals surface area (Å²) in [5.41, 5.74) is 5.56. The Morgan fingerprint density at radius 3 is 2.04 bits per heavy atom. The summed E-state index contributed by atoms with van der Waals surface area (Å²) in [6.07, 6.45) is 13.6. The minimum atomic E-state index is -0.356. The molecule has 1 amide bonds. The zero-order chi connectivity index (χ0) is 19.6. The van der Waals surface area contributed by atoms with Crippen molar-refractivity contribution in [2.45, 2.75) is 110 Å². The van der Waals surface area contributed by atoms with Crippen LogP contribution in [0.5, 0.6) is 0 Å². The lowest BCUT2D eigenvalue weighted by Crippen LogP contribution is -2.74. The molecule has 0 fully saturated rings. The molecular formula is C21H42N3O2+. The molecule has 0 radical (unpaired) electrons. The van der Waals surface area contributed by atoms with E-state index >= 15 is 0 Å². The zero-order valence-electron chi connectivity index (χ0n) is 17.4. The van der Waals surface area contributed by atoms with Crippen molar-refractivity contribution >= 4 is 17.5 Å². The molecule has 5 nitrogen and oxygen atoms in total. The van der Waals surface area contributed by atoms with Gasteiger partial charge in [-0.1, -0.05) is 65.2 Å². The molecule has 0 rings (SSSR count). The molecule has 1 unspecified atom stereocenters. The fourth-order valence-corrected chi connectivity index (χ4v) is 3.01. The maximum atomic E-state index is 12.1. The van der Waals surface area contributed by atoms with E-state index in [9.17, 15) is 9.59 Å². The number of hydrogen-bond donors (Lipinski definition) is 3. The largest absolute Gasteiger partial charge is 0.346 e. The van der Waals surface area contributed by atoms with Crippen LogP contribution in [0.1, 0.15) is 104 Å². The topological polar surface area (TPSA) is 86.2 Å². The summed E-state index contributed by atoms with van der Waals surface area (Å²) in [5.74, 6) is 0.797. The van der Waals surface area contributed by atoms with E-state index in [0.717, 1.165) is 25.8 Å². The summed E-state index contributed by atoms with van der Waals surface area (Å²) in [6, 6.07) is -0.356. The van der Waals surface area contributed by atoms with Crippen LogP contribution in [0, 0.1) is 0 Å². The quantitative estimate of drug-likeness (QED) is 0.209. The van der Waals surface area contributed by atoms with Crippen LogP contribution in [-0.2, 0) is 9.59 Å². The minimum Gasteiger partial charge on any atom is -0.346 e. The van der Waals surface area contributed by atoms with E-state index in [2.05, 4.69) is 17.2 Å². The van der Waals surface area contributed by atoms with Crippen molar-refractivity contribution in [1.82, 2.24) is 5.32 Å². The molecule has 0 aliphatic heterocycles. The number of hydrogen-bond acceptors (Lipinski definition) is 2. The molecule has 0 heterocycles. The fourth-order valence-electron chi connectivity index (χ4n) is 3.01. The number of nitrogens with one attached hydrogen (secondary N) is 2. The zero-order valence-corrected chi connectivity index (χ0v) is 17.4. The van der Waals surface area contributed by atoms with Crippen molar-refractivity contribution in [3.8, 4) is 0 Å². The Labute approximate surface area is 160 Å². The molecule has 26 heavy (non-hydrogen) atoms. The lowest BCUT2D eigenvalue weighted by Gasteiger charge is -2.16. The molecule has 0 saturated heterocycles. The number of unbranched alkanes of at least 4 members (excludes halogenated alkanes) is 8. The first-order valence-electron chi connectivity index (χ1n) is 10.7. The number of Topliss-reactive ketones (excluding diaryl/α,β-unsaturated/α-hetero) is 1. The number of nitrogens with two attached hydrogens (primary N) is 1. The van der Waals surface area contributed by atoms with Gasteiger partial charge in [0, 0.05) is 19.8 Å². The average Bonchev–Trinajstić information content (AvgIpc) is 2.62. The summed E-state index contributed by atoms with van der Waals surface area (Å²) in [5, 5.41) is 2.93. The first-order valence-corrected chi connectivity index (χ1v) is 10.7. The van der Waals surface area contributed by atoms with Gasteiger partial charge in [-0.05, 0) is 19.3 Å². The monoisotopic (exact) mass is 368 g/mol. The van der Waals surface area contributed by atoms with Crippen LogP contribution in [0.25, 0.3) is 0 Å². The Bertz CT molecular complexity index is 404. The highest BCUT2D eigenvalue weighted by Gasteiger charge is 2.18. The SMILES string of the molecule is CCCCCCCCCCCC(=O)NC(CCC[NH+]=C(C)N)C(=O)CC. The molecule has 0 saturated carbocycles. The summed E-state index contributed by atoms with van der Waals surface area (Å²) in [4.78, 5) is 27.2. The van der Waals surface area contributed by atoms with Gasteiger partial charge in [-0.3, -0.25) is 20.3 Å². The molecule has 0 aromatic heterocycles. The second-order valence-corrected chi connectivity index (χ2v) is 7.27. The summed E-state index contributed by atoms with van der Waals surface area (Å²) in [7, 11) is 0. The predicted molar refractivity (Wildman–Crippen MR) is 109 cm³/mol. The Morgan fingerprint density at radius 1 is 0.923 bits per heavy atom. The van der Waals surface area contributed by atoms with Crippen LogP contribution in [0.3, 0.4) is 0 Å². The third-order valence-electron chi connectivity index (χ3n) is 4.65. The molecule has 4 N–H and O–H groups in total. The van der Waals surface area contributed by atoms with E-state index in [0.29, 0.717) is 25.1 Å². The lowest BCUT2D eigenvalue weighted by molar-refractivity contribution is -0.459. The number of ketones is 1. The Morgan fingerprint density at radius 2 is 1.50 bits per heavy atom. The van der Waals surface area contributed by atoms with Gasteiger partial charge >= 0.3 is 0 Å². The molecule has 0 aromatic rings. The molecule has 0 aliphatic rings. The van der Waals surface area contributed by atoms with Gasteiger partial charge in [-0.15, -0.1) is 0 Å². The molecule has 5 heteroatoms. The molecule has 0 aromatic carbocycles. The van der Waals surface area contributed by atoms with E-state index < -0.39 is 0 Å². The van der Waals surface area contributed by atoms with Gasteiger partial charge in [-0.25, -0.2) is 0 Å². The lowest BCUT2D eigenvalue weighted by atomic mass is 10.0. The summed E-state index contributed by atoms with van der Waals surface area (Å²) >= 11 is 0. The van der Waals surface area contributed by atoms with Gasteiger partial charge in [-0.2, -0.15) is 0 Å². The van der Waals surface area contributed by atoms with Crippen molar-refractivity contribution in [1.29, 1.82) is 0 Å². The van der Waals surface area contributed by atoms with Crippen LogP contribution in [0.2, 0.25) is 0 Å². The highest BCUT2D eigenvalue weighted by Crippen LogP contribution is 2.10. The fraction of sp³-hybridized carbons (Fsp3) is 0.857. The molecule has 0 spiro atoms. The Hall–Kier alpha value is -1.39. The maximum Gasteiger partial charge on any atom is 0.237 e. The van der Waals surface area contributed by atoms with Gasteiger partial charge in [0.15, 0.2) is 5.78 Å². The van der Waals surface area contributed by atoms with Crippen LogP contribution in [-0.4, -0.2) is 30.1 Å². The molecule has 0 bridgehead atoms. The molecule has 1 atom stereocenters. The van der Waals surface area contributed by atoms with Crippen molar-refractivity contribution in [3.63, 3.8) is 0 Å². The van der Waals surface area contributed by atoms with E-state index in [1.54, 1.807) is 0 Å². The molecule has 0 aliphatic carbocycles. The summed E-state index contributed by atoms with van der Waals surface area (Å²) < 4.78 is 0. The number of carbonyl (C=O) groups is 2. The van der Waals surface area contributed by atoms with Gasteiger partial charge in [0.25, 0.3) is 0 Å². The minimum absolute atomic E-state index is 0.00859. The van der Waals surface area contributed by atoms with Crippen LogP contribution in [0.4, 0.5) is 0 Å². The molecular weight excluding hydrogens is 326 g/mol. The first-order chi connectivity index (χ1) is 12.5. The van der Waals surface area contributed by atoms with Crippen LogP contribution < -0.4 is 16.0 Å². The first kappa shape index (κ1) is 24.6. The smallest absolute Gasteiger partial charge is 0.237 e. The third kappa shape index (κ3) is 14.9. The number of rotatable bonds is 17. The third-order valence-corrected chi connectivity index (χ3v) is 4.65. The highest BCUT2D eigenvalue weighted by molar-refractivity contribution is 5.88. The van der Waals surface area contributed by atoms with Crippen LogP contribution in [0.15, 0.2) is 0 Å². The number of amides is 1. The van der Waals surface area contributed by atoms with Gasteiger partial charge in [0.1, 0.15) is 0 Å². The van der Waals surface area contributed by atoms with E-state index in [4.69, 9.17) is 5.73 Å². The van der Waals surface area contributed by atoms with Gasteiger partial charge < -0.3 is 5.32 Å². The predicted octanol–water partition coefficient (Wildman–Crippen LogP) is 2.61. The van der Waals surface area contributed by atoms with E-state index in [1.165, 1.54) is 44.9 Å². The Balaban J connectivity index is 3.88. The Kier molecular flexibility index (Phi) is 16.1. The maximum absolute atomic E-state index is 12.1. The van der Waals surface area contributed by atoms with Crippen molar-refractivity contribution < 1.29 is 14.6 Å². The second-order valence-electron chi connectivity index (χ2n) is 7.27. The standard InChI is InChI=1S/C21H41N3O2/c1-4-6-7-8-9-10-11-12-13-16-21(26)24-19(20(25)5-2)15-14-17-23-18(3)22/h19H,4-17H2,1-3H3,(H2,22,23)(H,24,26)/p+1. The normalized spacial score (nSPS) is 12.8. The van der Waals surface area contributed by atoms with E-state index in [-0.39, 0.29) is 17.7 Å². The average molecular weight is 369 g/mol. The van der Waals surface area contributed by atoms with Crippen molar-refractivity contribution in [3.05, 3.63) is 0 Å². The second kappa shape index (κ2) is 17.0. The van der Waals surface area contributed by atoms with Crippen molar-refractivity contribution in [2.75, 3.05) is 6.54 Å². The van der Waals surface area contributed by atoms with Gasteiger partial charge in [0.05, 0.1) is 12.6 Å². The highest BCUT2D eigenvalue weighted by atomic mass is 16.2. The van der Waals surface area contributed by atoms with Gasteiger partial charge in [0.2, 0.25) is 11.7 Å². The van der Waals surface area contributed by atoms with E-state index in [1.807, 2.05) is 13.8 Å².